The third-order valence-corrected chi connectivity index (χ3v) is 2.72. The Labute approximate surface area is 78.1 Å². The SMILES string of the molecule is CC.CC(C)N(C)C1CCCC1. The second-order valence-corrected chi connectivity index (χ2v) is 3.70. The van der Waals surface area contributed by atoms with Gasteiger partial charge < -0.3 is 4.90 Å². The molecule has 1 heteroatoms. The van der Waals surface area contributed by atoms with Crippen LogP contribution in [0.25, 0.3) is 0 Å². The van der Waals surface area contributed by atoms with E-state index in [-0.39, 0.29) is 0 Å². The standard InChI is InChI=1S/C9H19N.C2H6/c1-8(2)10(3)9-6-4-5-7-9;1-2/h8-9H,4-7H2,1-3H3;1-2H3. The second-order valence-electron chi connectivity index (χ2n) is 3.70. The van der Waals surface area contributed by atoms with E-state index in [2.05, 4.69) is 25.8 Å². The molecule has 12 heavy (non-hydrogen) atoms. The number of nitrogens with zero attached hydrogens (tertiary/aromatic N) is 1. The lowest BCUT2D eigenvalue weighted by atomic mass is 10.2. The van der Waals surface area contributed by atoms with Crippen molar-refractivity contribution in [2.45, 2.75) is 65.5 Å². The zero-order valence-electron chi connectivity index (χ0n) is 9.43. The Morgan fingerprint density at radius 2 is 1.50 bits per heavy atom. The Balaban J connectivity index is 0.000000561. The van der Waals surface area contributed by atoms with Crippen LogP contribution in [0.4, 0.5) is 0 Å². The molecule has 1 aliphatic rings. The van der Waals surface area contributed by atoms with Crippen LogP contribution in [0.3, 0.4) is 0 Å². The van der Waals surface area contributed by atoms with Crippen LogP contribution in [0.1, 0.15) is 53.4 Å². The van der Waals surface area contributed by atoms with Crippen LogP contribution in [0, 0.1) is 0 Å². The van der Waals surface area contributed by atoms with Gasteiger partial charge in [0.05, 0.1) is 0 Å². The molecule has 0 aliphatic heterocycles. The summed E-state index contributed by atoms with van der Waals surface area (Å²) < 4.78 is 0. The van der Waals surface area contributed by atoms with Crippen molar-refractivity contribution in [3.63, 3.8) is 0 Å². The maximum Gasteiger partial charge on any atom is 0.00949 e. The van der Waals surface area contributed by atoms with E-state index in [9.17, 15) is 0 Å². The van der Waals surface area contributed by atoms with Gasteiger partial charge in [-0.05, 0) is 33.7 Å². The minimum absolute atomic E-state index is 0.725. The monoisotopic (exact) mass is 171 g/mol. The summed E-state index contributed by atoms with van der Waals surface area (Å²) in [5, 5.41) is 0. The maximum atomic E-state index is 2.51. The summed E-state index contributed by atoms with van der Waals surface area (Å²) in [6, 6.07) is 1.61. The number of rotatable bonds is 2. The quantitative estimate of drug-likeness (QED) is 0.616. The molecule has 1 nitrogen and oxygen atoms in total. The molecule has 0 aromatic rings. The molecular weight excluding hydrogens is 146 g/mol. The smallest absolute Gasteiger partial charge is 0.00949 e. The highest BCUT2D eigenvalue weighted by molar-refractivity contribution is 4.76. The van der Waals surface area contributed by atoms with E-state index in [0.717, 1.165) is 12.1 Å². The highest BCUT2D eigenvalue weighted by Gasteiger charge is 2.20. The van der Waals surface area contributed by atoms with Gasteiger partial charge in [0.15, 0.2) is 0 Å². The van der Waals surface area contributed by atoms with E-state index >= 15 is 0 Å². The van der Waals surface area contributed by atoms with E-state index in [1.165, 1.54) is 25.7 Å². The first-order valence-electron chi connectivity index (χ1n) is 5.43. The summed E-state index contributed by atoms with van der Waals surface area (Å²) in [6.45, 7) is 8.55. The van der Waals surface area contributed by atoms with Gasteiger partial charge in [-0.3, -0.25) is 0 Å². The fourth-order valence-corrected chi connectivity index (χ4v) is 1.73. The first-order valence-corrected chi connectivity index (χ1v) is 5.43. The lowest BCUT2D eigenvalue weighted by Crippen LogP contribution is -2.34. The number of hydrogen-bond acceptors (Lipinski definition) is 1. The average Bonchev–Trinajstić information content (AvgIpc) is 2.58. The van der Waals surface area contributed by atoms with Crippen LogP contribution in [0.15, 0.2) is 0 Å². The predicted octanol–water partition coefficient (Wildman–Crippen LogP) is 3.30. The first kappa shape index (κ1) is 12.0. The molecule has 0 heterocycles. The highest BCUT2D eigenvalue weighted by Crippen LogP contribution is 2.23. The van der Waals surface area contributed by atoms with Crippen molar-refractivity contribution in [2.75, 3.05) is 7.05 Å². The molecule has 0 N–H and O–H groups in total. The van der Waals surface area contributed by atoms with Gasteiger partial charge in [0.25, 0.3) is 0 Å². The summed E-state index contributed by atoms with van der Waals surface area (Å²) in [7, 11) is 2.25. The first-order chi connectivity index (χ1) is 5.72. The Morgan fingerprint density at radius 3 is 1.83 bits per heavy atom. The van der Waals surface area contributed by atoms with Crippen molar-refractivity contribution >= 4 is 0 Å². The third-order valence-electron chi connectivity index (χ3n) is 2.72. The topological polar surface area (TPSA) is 3.24 Å². The summed E-state index contributed by atoms with van der Waals surface area (Å²) >= 11 is 0. The van der Waals surface area contributed by atoms with E-state index in [4.69, 9.17) is 0 Å². The fraction of sp³-hybridized carbons (Fsp3) is 1.00. The van der Waals surface area contributed by atoms with E-state index in [1.54, 1.807) is 0 Å². The van der Waals surface area contributed by atoms with Gasteiger partial charge in [-0.1, -0.05) is 26.7 Å². The Bertz CT molecular complexity index is 93.2. The molecule has 1 aliphatic carbocycles. The van der Waals surface area contributed by atoms with Crippen molar-refractivity contribution in [3.05, 3.63) is 0 Å². The zero-order valence-corrected chi connectivity index (χ0v) is 9.43. The summed E-state index contributed by atoms with van der Waals surface area (Å²) in [4.78, 5) is 2.51. The molecule has 1 fully saturated rings. The molecule has 0 amide bonds. The summed E-state index contributed by atoms with van der Waals surface area (Å²) in [6.07, 6.45) is 5.74. The average molecular weight is 171 g/mol. The summed E-state index contributed by atoms with van der Waals surface area (Å²) in [5.74, 6) is 0. The van der Waals surface area contributed by atoms with Crippen LogP contribution in [0.5, 0.6) is 0 Å². The van der Waals surface area contributed by atoms with Crippen LogP contribution in [-0.4, -0.2) is 24.0 Å². The van der Waals surface area contributed by atoms with Gasteiger partial charge in [0.1, 0.15) is 0 Å². The van der Waals surface area contributed by atoms with Crippen molar-refractivity contribution in [1.82, 2.24) is 4.90 Å². The van der Waals surface area contributed by atoms with Crippen LogP contribution in [-0.2, 0) is 0 Å². The maximum absolute atomic E-state index is 2.51. The molecule has 1 rings (SSSR count). The highest BCUT2D eigenvalue weighted by atomic mass is 15.1. The minimum atomic E-state index is 0.725. The molecule has 0 radical (unpaired) electrons. The Kier molecular flexibility index (Phi) is 6.45. The van der Waals surface area contributed by atoms with E-state index in [0.29, 0.717) is 0 Å². The lowest BCUT2D eigenvalue weighted by molar-refractivity contribution is 0.198. The van der Waals surface area contributed by atoms with Crippen LogP contribution < -0.4 is 0 Å². The Hall–Kier alpha value is -0.0400. The van der Waals surface area contributed by atoms with Gasteiger partial charge in [-0.25, -0.2) is 0 Å². The molecule has 74 valence electrons. The van der Waals surface area contributed by atoms with Crippen molar-refractivity contribution < 1.29 is 0 Å². The molecule has 0 unspecified atom stereocenters. The van der Waals surface area contributed by atoms with Crippen molar-refractivity contribution in [3.8, 4) is 0 Å². The van der Waals surface area contributed by atoms with E-state index < -0.39 is 0 Å². The zero-order chi connectivity index (χ0) is 9.56. The molecular formula is C11H25N. The summed E-state index contributed by atoms with van der Waals surface area (Å²) in [5.41, 5.74) is 0. The largest absolute Gasteiger partial charge is 0.301 e. The molecule has 0 atom stereocenters. The van der Waals surface area contributed by atoms with Crippen LogP contribution >= 0.6 is 0 Å². The minimum Gasteiger partial charge on any atom is -0.301 e. The fourth-order valence-electron chi connectivity index (χ4n) is 1.73. The van der Waals surface area contributed by atoms with Gasteiger partial charge in [-0.2, -0.15) is 0 Å². The normalized spacial score (nSPS) is 18.2. The predicted molar refractivity (Wildman–Crippen MR) is 56.5 cm³/mol. The molecule has 0 saturated heterocycles. The Morgan fingerprint density at radius 1 is 1.08 bits per heavy atom. The molecule has 0 aromatic carbocycles. The van der Waals surface area contributed by atoms with Gasteiger partial charge >= 0.3 is 0 Å². The molecule has 0 spiro atoms. The van der Waals surface area contributed by atoms with Crippen LogP contribution in [0.2, 0.25) is 0 Å². The van der Waals surface area contributed by atoms with Crippen molar-refractivity contribution in [2.24, 2.45) is 0 Å². The number of hydrogen-bond donors (Lipinski definition) is 0. The second kappa shape index (κ2) is 6.47. The van der Waals surface area contributed by atoms with E-state index in [1.807, 2.05) is 13.8 Å². The molecule has 0 aromatic heterocycles. The molecule has 0 bridgehead atoms. The van der Waals surface area contributed by atoms with Crippen molar-refractivity contribution in [1.29, 1.82) is 0 Å². The van der Waals surface area contributed by atoms with Gasteiger partial charge in [0, 0.05) is 12.1 Å². The molecule has 1 saturated carbocycles. The lowest BCUT2D eigenvalue weighted by Gasteiger charge is -2.27. The van der Waals surface area contributed by atoms with Gasteiger partial charge in [-0.15, -0.1) is 0 Å². The third kappa shape index (κ3) is 3.57. The van der Waals surface area contributed by atoms with Gasteiger partial charge in [0.2, 0.25) is 0 Å².